The Morgan fingerprint density at radius 3 is 3.00 bits per heavy atom. The van der Waals surface area contributed by atoms with Gasteiger partial charge < -0.3 is 5.32 Å². The van der Waals surface area contributed by atoms with E-state index in [1.54, 1.807) is 11.8 Å². The zero-order chi connectivity index (χ0) is 6.41. The maximum Gasteiger partial charge on any atom is 0.244 e. The Kier molecular flexibility index (Phi) is 4.45. The molecule has 0 radical (unpaired) electrons. The lowest BCUT2D eigenvalue weighted by Gasteiger charge is -1.94. The van der Waals surface area contributed by atoms with E-state index in [1.165, 1.54) is 6.08 Å². The highest BCUT2D eigenvalue weighted by Crippen LogP contribution is 1.84. The fraction of sp³-hybridized carbons (Fsp3) is 0.400. The van der Waals surface area contributed by atoms with Gasteiger partial charge in [0, 0.05) is 0 Å². The molecule has 46 valence electrons. The summed E-state index contributed by atoms with van der Waals surface area (Å²) in [7, 11) is 0. The first-order valence-corrected chi connectivity index (χ1v) is 3.60. The van der Waals surface area contributed by atoms with E-state index in [4.69, 9.17) is 0 Å². The fourth-order valence-electron chi connectivity index (χ4n) is 0.215. The maximum atomic E-state index is 10.3. The largest absolute Gasteiger partial charge is 0.344 e. The van der Waals surface area contributed by atoms with Crippen LogP contribution in [0.15, 0.2) is 12.7 Å². The van der Waals surface area contributed by atoms with Crippen molar-refractivity contribution in [2.75, 3.05) is 12.1 Å². The van der Waals surface area contributed by atoms with Crippen molar-refractivity contribution in [2.45, 2.75) is 0 Å². The molecule has 0 aliphatic heterocycles. The van der Waals surface area contributed by atoms with Crippen LogP contribution in [0.2, 0.25) is 0 Å². The van der Waals surface area contributed by atoms with E-state index in [1.807, 2.05) is 6.26 Å². The summed E-state index contributed by atoms with van der Waals surface area (Å²) in [5, 5.41) is 2.59. The number of carbonyl (C=O) groups is 1. The number of carbonyl (C=O) groups excluding carboxylic acids is 1. The quantitative estimate of drug-likeness (QED) is 0.449. The molecule has 0 aliphatic carbocycles. The smallest absolute Gasteiger partial charge is 0.244 e. The van der Waals surface area contributed by atoms with Crippen LogP contribution in [0, 0.1) is 0 Å². The summed E-state index contributed by atoms with van der Waals surface area (Å²) in [5.41, 5.74) is 0. The maximum absolute atomic E-state index is 10.3. The van der Waals surface area contributed by atoms with Crippen LogP contribution in [0.1, 0.15) is 0 Å². The number of nitrogens with one attached hydrogen (secondary N) is 1. The van der Waals surface area contributed by atoms with Gasteiger partial charge in [0.25, 0.3) is 0 Å². The van der Waals surface area contributed by atoms with Crippen LogP contribution in [0.5, 0.6) is 0 Å². The molecule has 8 heavy (non-hydrogen) atoms. The molecule has 0 saturated carbocycles. The molecule has 0 spiro atoms. The average molecular weight is 131 g/mol. The molecule has 0 rings (SSSR count). The minimum Gasteiger partial charge on any atom is -0.344 e. The second kappa shape index (κ2) is 4.71. The van der Waals surface area contributed by atoms with Crippen LogP contribution < -0.4 is 5.32 Å². The van der Waals surface area contributed by atoms with Gasteiger partial charge in [-0.25, -0.2) is 0 Å². The van der Waals surface area contributed by atoms with E-state index in [2.05, 4.69) is 11.9 Å². The van der Waals surface area contributed by atoms with E-state index in [0.29, 0.717) is 5.88 Å². The van der Waals surface area contributed by atoms with Crippen LogP contribution in [-0.4, -0.2) is 18.0 Å². The van der Waals surface area contributed by atoms with Gasteiger partial charge in [0.15, 0.2) is 0 Å². The second-order valence-corrected chi connectivity index (χ2v) is 2.04. The number of hydrogen-bond acceptors (Lipinski definition) is 2. The molecule has 0 bridgehead atoms. The third kappa shape index (κ3) is 3.74. The standard InChI is InChI=1S/C5H9NOS/c1-3-5(7)6-4-8-2/h3H,1,4H2,2H3,(H,6,7). The van der Waals surface area contributed by atoms with Crippen LogP contribution in [0.3, 0.4) is 0 Å². The minimum absolute atomic E-state index is 0.112. The molecule has 0 atom stereocenters. The topological polar surface area (TPSA) is 29.1 Å². The van der Waals surface area contributed by atoms with Gasteiger partial charge in [-0.2, -0.15) is 0 Å². The molecule has 2 nitrogen and oxygen atoms in total. The van der Waals surface area contributed by atoms with Crippen molar-refractivity contribution in [1.29, 1.82) is 0 Å². The molecular formula is C5H9NOS. The molecule has 0 aromatic rings. The van der Waals surface area contributed by atoms with Crippen molar-refractivity contribution in [2.24, 2.45) is 0 Å². The molecule has 0 aliphatic rings. The van der Waals surface area contributed by atoms with Crippen molar-refractivity contribution >= 4 is 17.7 Å². The Balaban J connectivity index is 3.11. The second-order valence-electron chi connectivity index (χ2n) is 1.18. The van der Waals surface area contributed by atoms with Crippen molar-refractivity contribution in [3.05, 3.63) is 12.7 Å². The Labute approximate surface area is 53.3 Å². The van der Waals surface area contributed by atoms with Gasteiger partial charge in [-0.3, -0.25) is 4.79 Å². The molecule has 0 heterocycles. The van der Waals surface area contributed by atoms with Gasteiger partial charge in [0.05, 0.1) is 5.88 Å². The summed E-state index contributed by atoms with van der Waals surface area (Å²) in [4.78, 5) is 10.3. The van der Waals surface area contributed by atoms with Crippen LogP contribution in [-0.2, 0) is 4.79 Å². The summed E-state index contributed by atoms with van der Waals surface area (Å²) >= 11 is 1.57. The Morgan fingerprint density at radius 2 is 2.62 bits per heavy atom. The Bertz CT molecular complexity index is 92.4. The monoisotopic (exact) mass is 131 g/mol. The lowest BCUT2D eigenvalue weighted by atomic mass is 10.6. The number of thioether (sulfide) groups is 1. The first kappa shape index (κ1) is 7.56. The molecule has 0 aromatic carbocycles. The summed E-state index contributed by atoms with van der Waals surface area (Å²) in [6.45, 7) is 3.29. The van der Waals surface area contributed by atoms with Gasteiger partial charge in [0.1, 0.15) is 0 Å². The van der Waals surface area contributed by atoms with Gasteiger partial charge in [-0.05, 0) is 12.3 Å². The van der Waals surface area contributed by atoms with E-state index in [9.17, 15) is 4.79 Å². The molecule has 1 amide bonds. The summed E-state index contributed by atoms with van der Waals surface area (Å²) in [6.07, 6.45) is 3.18. The first-order valence-electron chi connectivity index (χ1n) is 2.20. The predicted molar refractivity (Wildman–Crippen MR) is 36.7 cm³/mol. The molecular weight excluding hydrogens is 122 g/mol. The highest BCUT2D eigenvalue weighted by atomic mass is 32.2. The van der Waals surface area contributed by atoms with Gasteiger partial charge in [-0.1, -0.05) is 6.58 Å². The zero-order valence-corrected chi connectivity index (χ0v) is 5.62. The third-order valence-corrected chi connectivity index (χ3v) is 1.01. The Morgan fingerprint density at radius 1 is 2.00 bits per heavy atom. The lowest BCUT2D eigenvalue weighted by Crippen LogP contribution is -2.19. The van der Waals surface area contributed by atoms with Crippen LogP contribution >= 0.6 is 11.8 Å². The van der Waals surface area contributed by atoms with Crippen LogP contribution in [0.25, 0.3) is 0 Å². The first-order chi connectivity index (χ1) is 3.81. The predicted octanol–water partition coefficient (Wildman–Crippen LogP) is 0.609. The van der Waals surface area contributed by atoms with Crippen molar-refractivity contribution < 1.29 is 4.79 Å². The fourth-order valence-corrected chi connectivity index (χ4v) is 0.502. The molecule has 0 fully saturated rings. The van der Waals surface area contributed by atoms with Gasteiger partial charge in [0.2, 0.25) is 5.91 Å². The molecule has 0 aromatic heterocycles. The summed E-state index contributed by atoms with van der Waals surface area (Å²) < 4.78 is 0. The van der Waals surface area contributed by atoms with E-state index >= 15 is 0 Å². The van der Waals surface area contributed by atoms with Crippen molar-refractivity contribution in [3.8, 4) is 0 Å². The van der Waals surface area contributed by atoms with Gasteiger partial charge in [-0.15, -0.1) is 11.8 Å². The number of rotatable bonds is 3. The van der Waals surface area contributed by atoms with Crippen molar-refractivity contribution in [3.63, 3.8) is 0 Å². The molecule has 1 N–H and O–H groups in total. The lowest BCUT2D eigenvalue weighted by molar-refractivity contribution is -0.116. The van der Waals surface area contributed by atoms with E-state index < -0.39 is 0 Å². The van der Waals surface area contributed by atoms with E-state index in [0.717, 1.165) is 0 Å². The van der Waals surface area contributed by atoms with Crippen molar-refractivity contribution in [1.82, 2.24) is 5.32 Å². The molecule has 0 unspecified atom stereocenters. The molecule has 3 heteroatoms. The zero-order valence-electron chi connectivity index (χ0n) is 4.81. The van der Waals surface area contributed by atoms with E-state index in [-0.39, 0.29) is 5.91 Å². The average Bonchev–Trinajstić information content (AvgIpc) is 1.83. The summed E-state index contributed by atoms with van der Waals surface area (Å²) in [6, 6.07) is 0. The number of hydrogen-bond donors (Lipinski definition) is 1. The van der Waals surface area contributed by atoms with Gasteiger partial charge >= 0.3 is 0 Å². The minimum atomic E-state index is -0.112. The van der Waals surface area contributed by atoms with Crippen LogP contribution in [0.4, 0.5) is 0 Å². The summed E-state index contributed by atoms with van der Waals surface area (Å²) in [5.74, 6) is 0.546. The normalized spacial score (nSPS) is 8.12. The number of amides is 1. The highest BCUT2D eigenvalue weighted by Gasteiger charge is 1.87. The third-order valence-electron chi connectivity index (χ3n) is 0.576. The Hall–Kier alpha value is -0.440. The highest BCUT2D eigenvalue weighted by molar-refractivity contribution is 7.98. The molecule has 0 saturated heterocycles. The SMILES string of the molecule is C=CC(=O)NCSC.